The second-order valence-corrected chi connectivity index (χ2v) is 6.24. The van der Waals surface area contributed by atoms with E-state index in [4.69, 9.17) is 5.73 Å². The van der Waals surface area contributed by atoms with Gasteiger partial charge in [-0.3, -0.25) is 9.48 Å². The quantitative estimate of drug-likeness (QED) is 0.776. The molecule has 0 aliphatic carbocycles. The molecule has 24 heavy (non-hydrogen) atoms. The number of rotatable bonds is 3. The lowest BCUT2D eigenvalue weighted by atomic mass is 10.2. The van der Waals surface area contributed by atoms with Gasteiger partial charge in [0.1, 0.15) is 11.8 Å². The fraction of sp³-hybridized carbons (Fsp3) is 0.375. The maximum absolute atomic E-state index is 11.2. The van der Waals surface area contributed by atoms with E-state index >= 15 is 0 Å². The molecule has 1 amide bonds. The number of primary amides is 1. The third-order valence-corrected chi connectivity index (χ3v) is 4.76. The highest BCUT2D eigenvalue weighted by Crippen LogP contribution is 2.31. The standard InChI is InChI=1S/C16H19N7O/c1-10-5-13-14(21(10)2)16(19-9-18-13)22-4-3-12(8-22)23-7-11(6-20-23)15(17)24/h5-7,9,12H,3-4,8H2,1-2H3,(H2,17,24). The largest absolute Gasteiger partial charge is 0.366 e. The molecule has 1 saturated heterocycles. The zero-order valence-corrected chi connectivity index (χ0v) is 13.7. The van der Waals surface area contributed by atoms with Crippen LogP contribution in [0.5, 0.6) is 0 Å². The molecule has 4 heterocycles. The van der Waals surface area contributed by atoms with Gasteiger partial charge in [0.2, 0.25) is 0 Å². The van der Waals surface area contributed by atoms with Crippen molar-refractivity contribution < 1.29 is 4.79 Å². The molecule has 8 nitrogen and oxygen atoms in total. The molecule has 1 atom stereocenters. The summed E-state index contributed by atoms with van der Waals surface area (Å²) < 4.78 is 3.95. The molecule has 0 bridgehead atoms. The number of carbonyl (C=O) groups excluding carboxylic acids is 1. The predicted octanol–water partition coefficient (Wildman–Crippen LogP) is 1.02. The van der Waals surface area contributed by atoms with Crippen molar-refractivity contribution in [2.45, 2.75) is 19.4 Å². The molecule has 1 aliphatic rings. The number of anilines is 1. The number of aryl methyl sites for hydroxylation is 2. The Balaban J connectivity index is 1.64. The van der Waals surface area contributed by atoms with Crippen molar-refractivity contribution in [1.29, 1.82) is 0 Å². The molecule has 0 aromatic carbocycles. The lowest BCUT2D eigenvalue weighted by Crippen LogP contribution is -2.23. The van der Waals surface area contributed by atoms with Crippen molar-refractivity contribution in [3.05, 3.63) is 36.0 Å². The minimum atomic E-state index is -0.451. The minimum absolute atomic E-state index is 0.199. The second kappa shape index (κ2) is 5.33. The summed E-state index contributed by atoms with van der Waals surface area (Å²) >= 11 is 0. The van der Waals surface area contributed by atoms with Gasteiger partial charge in [0.25, 0.3) is 5.91 Å². The molecular weight excluding hydrogens is 306 g/mol. The summed E-state index contributed by atoms with van der Waals surface area (Å²) in [6.45, 7) is 3.73. The number of carbonyl (C=O) groups is 1. The zero-order valence-electron chi connectivity index (χ0n) is 13.7. The van der Waals surface area contributed by atoms with Crippen molar-refractivity contribution in [1.82, 2.24) is 24.3 Å². The summed E-state index contributed by atoms with van der Waals surface area (Å²) in [6, 6.07) is 2.27. The van der Waals surface area contributed by atoms with Crippen LogP contribution in [0, 0.1) is 6.92 Å². The molecule has 0 spiro atoms. The molecule has 0 radical (unpaired) electrons. The SMILES string of the molecule is Cc1cc2ncnc(N3CCC(n4cc(C(N)=O)cn4)C3)c2n1C. The fourth-order valence-electron chi connectivity index (χ4n) is 3.33. The van der Waals surface area contributed by atoms with Crippen molar-refractivity contribution in [2.75, 3.05) is 18.0 Å². The van der Waals surface area contributed by atoms with Gasteiger partial charge in [-0.1, -0.05) is 0 Å². The Labute approximate surface area is 138 Å². The first-order chi connectivity index (χ1) is 11.5. The normalized spacial score (nSPS) is 17.8. The Kier molecular flexibility index (Phi) is 3.26. The van der Waals surface area contributed by atoms with E-state index in [9.17, 15) is 4.79 Å². The monoisotopic (exact) mass is 325 g/mol. The smallest absolute Gasteiger partial charge is 0.251 e. The lowest BCUT2D eigenvalue weighted by molar-refractivity contribution is 0.1000. The van der Waals surface area contributed by atoms with Gasteiger partial charge in [-0.05, 0) is 19.4 Å². The van der Waals surface area contributed by atoms with Gasteiger partial charge in [0.15, 0.2) is 5.82 Å². The first kappa shape index (κ1) is 14.7. The second-order valence-electron chi connectivity index (χ2n) is 6.24. The van der Waals surface area contributed by atoms with Gasteiger partial charge in [-0.25, -0.2) is 9.97 Å². The van der Waals surface area contributed by atoms with Crippen molar-refractivity contribution >= 4 is 22.8 Å². The van der Waals surface area contributed by atoms with Crippen LogP contribution in [0.1, 0.15) is 28.5 Å². The summed E-state index contributed by atoms with van der Waals surface area (Å²) in [4.78, 5) is 22.4. The highest BCUT2D eigenvalue weighted by Gasteiger charge is 2.28. The van der Waals surface area contributed by atoms with Crippen LogP contribution in [-0.2, 0) is 7.05 Å². The Morgan fingerprint density at radius 3 is 2.96 bits per heavy atom. The van der Waals surface area contributed by atoms with Gasteiger partial charge in [0.05, 0.1) is 23.3 Å². The molecule has 1 fully saturated rings. The van der Waals surface area contributed by atoms with E-state index in [0.717, 1.165) is 42.1 Å². The summed E-state index contributed by atoms with van der Waals surface area (Å²) in [6.07, 6.45) is 5.80. The van der Waals surface area contributed by atoms with Gasteiger partial charge >= 0.3 is 0 Å². The van der Waals surface area contributed by atoms with Crippen LogP contribution < -0.4 is 10.6 Å². The van der Waals surface area contributed by atoms with Gasteiger partial charge in [0, 0.05) is 32.0 Å². The predicted molar refractivity (Wildman–Crippen MR) is 89.9 cm³/mol. The number of amides is 1. The summed E-state index contributed by atoms with van der Waals surface area (Å²) in [5.74, 6) is 0.494. The molecule has 4 rings (SSSR count). The highest BCUT2D eigenvalue weighted by atomic mass is 16.1. The van der Waals surface area contributed by atoms with Crippen molar-refractivity contribution in [3.8, 4) is 0 Å². The number of hydrogen-bond donors (Lipinski definition) is 1. The van der Waals surface area contributed by atoms with E-state index in [-0.39, 0.29) is 6.04 Å². The molecule has 0 saturated carbocycles. The number of fused-ring (bicyclic) bond motifs is 1. The minimum Gasteiger partial charge on any atom is -0.366 e. The third kappa shape index (κ3) is 2.22. The van der Waals surface area contributed by atoms with Crippen LogP contribution in [0.2, 0.25) is 0 Å². The van der Waals surface area contributed by atoms with E-state index in [1.807, 2.05) is 11.7 Å². The topological polar surface area (TPSA) is 94.9 Å². The van der Waals surface area contributed by atoms with Gasteiger partial charge in [-0.2, -0.15) is 5.10 Å². The summed E-state index contributed by atoms with van der Waals surface area (Å²) in [5.41, 5.74) is 8.90. The Morgan fingerprint density at radius 2 is 2.21 bits per heavy atom. The molecule has 2 N–H and O–H groups in total. The Morgan fingerprint density at radius 1 is 1.38 bits per heavy atom. The number of nitrogens with two attached hydrogens (primary N) is 1. The van der Waals surface area contributed by atoms with Crippen LogP contribution in [0.3, 0.4) is 0 Å². The summed E-state index contributed by atoms with van der Waals surface area (Å²) in [7, 11) is 2.03. The highest BCUT2D eigenvalue weighted by molar-refractivity contribution is 5.92. The first-order valence-corrected chi connectivity index (χ1v) is 7.90. The van der Waals surface area contributed by atoms with Crippen LogP contribution in [0.15, 0.2) is 24.8 Å². The van der Waals surface area contributed by atoms with E-state index in [0.29, 0.717) is 5.56 Å². The van der Waals surface area contributed by atoms with Crippen molar-refractivity contribution in [3.63, 3.8) is 0 Å². The third-order valence-electron chi connectivity index (χ3n) is 4.76. The lowest BCUT2D eigenvalue weighted by Gasteiger charge is -2.19. The average molecular weight is 325 g/mol. The number of aromatic nitrogens is 5. The van der Waals surface area contributed by atoms with Crippen LogP contribution in [0.4, 0.5) is 5.82 Å². The molecular formula is C16H19N7O. The van der Waals surface area contributed by atoms with E-state index in [2.05, 4.69) is 37.5 Å². The fourth-order valence-corrected chi connectivity index (χ4v) is 3.33. The molecule has 8 heteroatoms. The van der Waals surface area contributed by atoms with Crippen LogP contribution >= 0.6 is 0 Å². The molecule has 1 unspecified atom stereocenters. The molecule has 1 aliphatic heterocycles. The number of nitrogens with zero attached hydrogens (tertiary/aromatic N) is 6. The van der Waals surface area contributed by atoms with E-state index in [1.54, 1.807) is 12.5 Å². The zero-order chi connectivity index (χ0) is 16.8. The van der Waals surface area contributed by atoms with Crippen LogP contribution in [-0.4, -0.2) is 43.3 Å². The molecule has 3 aromatic rings. The van der Waals surface area contributed by atoms with Crippen molar-refractivity contribution in [2.24, 2.45) is 12.8 Å². The molecule has 124 valence electrons. The Hall–Kier alpha value is -2.90. The average Bonchev–Trinajstić information content (AvgIpc) is 3.27. The maximum Gasteiger partial charge on any atom is 0.251 e. The Bertz CT molecular complexity index is 926. The van der Waals surface area contributed by atoms with Gasteiger partial charge < -0.3 is 15.2 Å². The maximum atomic E-state index is 11.2. The summed E-state index contributed by atoms with van der Waals surface area (Å²) in [5, 5.41) is 4.28. The van der Waals surface area contributed by atoms with E-state index < -0.39 is 5.91 Å². The molecule has 3 aromatic heterocycles. The van der Waals surface area contributed by atoms with Crippen LogP contribution in [0.25, 0.3) is 11.0 Å². The van der Waals surface area contributed by atoms with Gasteiger partial charge in [-0.15, -0.1) is 0 Å². The first-order valence-electron chi connectivity index (χ1n) is 7.90. The van der Waals surface area contributed by atoms with E-state index in [1.165, 1.54) is 6.20 Å². The number of hydrogen-bond acceptors (Lipinski definition) is 5.